The van der Waals surface area contributed by atoms with Gasteiger partial charge in [0.2, 0.25) is 0 Å². The average molecular weight is 348 g/mol. The number of para-hydroxylation sites is 2. The molecule has 0 aliphatic heterocycles. The first-order valence-electron chi connectivity index (χ1n) is 9.29. The van der Waals surface area contributed by atoms with Crippen molar-refractivity contribution in [1.29, 1.82) is 0 Å². The molecule has 1 nitrogen and oxygen atoms in total. The van der Waals surface area contributed by atoms with Gasteiger partial charge in [-0.25, -0.2) is 0 Å². The highest BCUT2D eigenvalue weighted by Crippen LogP contribution is 2.39. The number of hydrogen-bond donors (Lipinski definition) is 0. The van der Waals surface area contributed by atoms with Crippen LogP contribution in [0.2, 0.25) is 0 Å². The number of rotatable bonds is 2. The van der Waals surface area contributed by atoms with E-state index in [1.54, 1.807) is 0 Å². The van der Waals surface area contributed by atoms with E-state index < -0.39 is 0 Å². The molecule has 5 aromatic rings. The Kier molecular flexibility index (Phi) is 3.61. The lowest BCUT2D eigenvalue weighted by molar-refractivity contribution is 0.671. The predicted octanol–water partition coefficient (Wildman–Crippen LogP) is 7.54. The van der Waals surface area contributed by atoms with Gasteiger partial charge in [-0.05, 0) is 36.1 Å². The quantitative estimate of drug-likeness (QED) is 0.321. The first kappa shape index (κ1) is 15.9. The summed E-state index contributed by atoms with van der Waals surface area (Å²) in [5.74, 6) is 0. The second-order valence-corrected chi connectivity index (χ2v) is 7.13. The second kappa shape index (κ2) is 6.14. The third-order valence-electron chi connectivity index (χ3n) is 5.43. The van der Waals surface area contributed by atoms with Crippen LogP contribution in [0.3, 0.4) is 0 Å². The van der Waals surface area contributed by atoms with Gasteiger partial charge in [-0.2, -0.15) is 0 Å². The van der Waals surface area contributed by atoms with E-state index in [0.717, 1.165) is 27.7 Å². The van der Waals surface area contributed by atoms with Crippen LogP contribution in [-0.4, -0.2) is 0 Å². The van der Waals surface area contributed by atoms with Gasteiger partial charge in [0.1, 0.15) is 11.2 Å². The molecule has 0 bridgehead atoms. The van der Waals surface area contributed by atoms with Crippen molar-refractivity contribution in [1.82, 2.24) is 0 Å². The molecule has 0 spiro atoms. The van der Waals surface area contributed by atoms with E-state index in [2.05, 4.69) is 92.7 Å². The maximum atomic E-state index is 6.49. The number of furan rings is 1. The van der Waals surface area contributed by atoms with Crippen molar-refractivity contribution in [3.05, 3.63) is 96.1 Å². The zero-order valence-corrected chi connectivity index (χ0v) is 15.5. The van der Waals surface area contributed by atoms with E-state index in [1.165, 1.54) is 27.6 Å². The van der Waals surface area contributed by atoms with Gasteiger partial charge >= 0.3 is 0 Å². The second-order valence-electron chi connectivity index (χ2n) is 7.13. The van der Waals surface area contributed by atoms with Crippen LogP contribution in [0.1, 0.15) is 11.1 Å². The Labute approximate surface area is 158 Å². The molecular weight excluding hydrogens is 328 g/mol. The van der Waals surface area contributed by atoms with Gasteiger partial charge in [-0.1, -0.05) is 84.9 Å². The van der Waals surface area contributed by atoms with Gasteiger partial charge in [-0.15, -0.1) is 0 Å². The molecule has 27 heavy (non-hydrogen) atoms. The van der Waals surface area contributed by atoms with Crippen molar-refractivity contribution in [3.8, 4) is 22.3 Å². The summed E-state index contributed by atoms with van der Waals surface area (Å²) in [6, 6.07) is 29.9. The fraction of sp³-hybridized carbons (Fsp3) is 0.0769. The van der Waals surface area contributed by atoms with Crippen LogP contribution in [0, 0.1) is 13.8 Å². The van der Waals surface area contributed by atoms with Crippen LogP contribution in [0.5, 0.6) is 0 Å². The lowest BCUT2D eigenvalue weighted by atomic mass is 9.98. The number of fused-ring (bicyclic) bond motifs is 3. The Balaban J connectivity index is 1.82. The Morgan fingerprint density at radius 1 is 0.519 bits per heavy atom. The molecule has 0 aliphatic rings. The molecule has 0 aliphatic carbocycles. The summed E-state index contributed by atoms with van der Waals surface area (Å²) < 4.78 is 6.49. The summed E-state index contributed by atoms with van der Waals surface area (Å²) >= 11 is 0. The van der Waals surface area contributed by atoms with E-state index in [0.29, 0.717) is 0 Å². The number of aryl methyl sites for hydroxylation is 2. The standard InChI is InChI=1S/C26H20O/c1-17-14-15-20(16-18(17)2)22-11-7-13-24-23-12-6-10-21(25(23)27-26(22)24)19-8-4-3-5-9-19/h3-16H,1-2H3. The van der Waals surface area contributed by atoms with Crippen LogP contribution >= 0.6 is 0 Å². The van der Waals surface area contributed by atoms with Crippen molar-refractivity contribution in [2.24, 2.45) is 0 Å². The Bertz CT molecular complexity index is 1280. The highest BCUT2D eigenvalue weighted by molar-refractivity contribution is 6.12. The third-order valence-corrected chi connectivity index (χ3v) is 5.43. The van der Waals surface area contributed by atoms with E-state index in [9.17, 15) is 0 Å². The first-order valence-corrected chi connectivity index (χ1v) is 9.29. The smallest absolute Gasteiger partial charge is 0.143 e. The van der Waals surface area contributed by atoms with E-state index in [-0.39, 0.29) is 0 Å². The Hall–Kier alpha value is -3.32. The summed E-state index contributed by atoms with van der Waals surface area (Å²) in [6.07, 6.45) is 0. The van der Waals surface area contributed by atoms with Crippen molar-refractivity contribution in [2.75, 3.05) is 0 Å². The fourth-order valence-electron chi connectivity index (χ4n) is 3.80. The molecule has 4 aromatic carbocycles. The fourth-order valence-corrected chi connectivity index (χ4v) is 3.80. The average Bonchev–Trinajstić information content (AvgIpc) is 3.10. The van der Waals surface area contributed by atoms with Crippen LogP contribution in [0.15, 0.2) is 89.3 Å². The molecule has 0 unspecified atom stereocenters. The lowest BCUT2D eigenvalue weighted by Crippen LogP contribution is -1.84. The molecule has 1 aromatic heterocycles. The largest absolute Gasteiger partial charge is 0.455 e. The Morgan fingerprint density at radius 2 is 1.15 bits per heavy atom. The van der Waals surface area contributed by atoms with E-state index in [1.807, 2.05) is 6.07 Å². The third kappa shape index (κ3) is 2.55. The van der Waals surface area contributed by atoms with Crippen molar-refractivity contribution in [2.45, 2.75) is 13.8 Å². The van der Waals surface area contributed by atoms with Gasteiger partial charge in [0.25, 0.3) is 0 Å². The van der Waals surface area contributed by atoms with Crippen molar-refractivity contribution < 1.29 is 4.42 Å². The van der Waals surface area contributed by atoms with Gasteiger partial charge in [0.05, 0.1) is 0 Å². The highest BCUT2D eigenvalue weighted by atomic mass is 16.3. The molecule has 1 heterocycles. The predicted molar refractivity (Wildman–Crippen MR) is 114 cm³/mol. The molecule has 0 atom stereocenters. The van der Waals surface area contributed by atoms with E-state index in [4.69, 9.17) is 4.42 Å². The number of benzene rings is 4. The summed E-state index contributed by atoms with van der Waals surface area (Å²) in [6.45, 7) is 4.30. The zero-order chi connectivity index (χ0) is 18.4. The summed E-state index contributed by atoms with van der Waals surface area (Å²) in [5, 5.41) is 2.33. The van der Waals surface area contributed by atoms with Gasteiger partial charge in [-0.3, -0.25) is 0 Å². The molecule has 0 saturated carbocycles. The molecule has 0 saturated heterocycles. The highest BCUT2D eigenvalue weighted by Gasteiger charge is 2.15. The normalized spacial score (nSPS) is 11.3. The minimum atomic E-state index is 0.954. The van der Waals surface area contributed by atoms with Gasteiger partial charge in [0.15, 0.2) is 0 Å². The Morgan fingerprint density at radius 3 is 1.78 bits per heavy atom. The van der Waals surface area contributed by atoms with Crippen molar-refractivity contribution >= 4 is 21.9 Å². The lowest BCUT2D eigenvalue weighted by Gasteiger charge is -2.06. The van der Waals surface area contributed by atoms with Crippen LogP contribution < -0.4 is 0 Å². The monoisotopic (exact) mass is 348 g/mol. The minimum Gasteiger partial charge on any atom is -0.455 e. The van der Waals surface area contributed by atoms with Gasteiger partial charge in [0, 0.05) is 21.9 Å². The summed E-state index contributed by atoms with van der Waals surface area (Å²) in [7, 11) is 0. The SMILES string of the molecule is Cc1ccc(-c2cccc3c2oc2c(-c4ccccc4)cccc23)cc1C. The molecule has 0 amide bonds. The summed E-state index contributed by atoms with van der Waals surface area (Å²) in [5.41, 5.74) is 9.17. The van der Waals surface area contributed by atoms with Crippen molar-refractivity contribution in [3.63, 3.8) is 0 Å². The molecule has 0 fully saturated rings. The zero-order valence-electron chi connectivity index (χ0n) is 15.5. The molecule has 0 radical (unpaired) electrons. The van der Waals surface area contributed by atoms with E-state index >= 15 is 0 Å². The molecule has 130 valence electrons. The van der Waals surface area contributed by atoms with Crippen LogP contribution in [-0.2, 0) is 0 Å². The summed E-state index contributed by atoms with van der Waals surface area (Å²) in [4.78, 5) is 0. The molecule has 1 heteroatoms. The van der Waals surface area contributed by atoms with Crippen LogP contribution in [0.4, 0.5) is 0 Å². The maximum absolute atomic E-state index is 6.49. The first-order chi connectivity index (χ1) is 13.2. The minimum absolute atomic E-state index is 0.954. The topological polar surface area (TPSA) is 13.1 Å². The molecular formula is C26H20O. The maximum Gasteiger partial charge on any atom is 0.143 e. The molecule has 5 rings (SSSR count). The van der Waals surface area contributed by atoms with Crippen LogP contribution in [0.25, 0.3) is 44.2 Å². The number of hydrogen-bond acceptors (Lipinski definition) is 1. The van der Waals surface area contributed by atoms with Gasteiger partial charge < -0.3 is 4.42 Å². The molecule has 0 N–H and O–H groups in total.